The van der Waals surface area contributed by atoms with E-state index in [0.29, 0.717) is 18.8 Å². The number of aliphatic hydroxyl groups is 1. The van der Waals surface area contributed by atoms with Crippen LogP contribution < -0.4 is 10.5 Å². The summed E-state index contributed by atoms with van der Waals surface area (Å²) in [5, 5.41) is 9.27. The number of rotatable bonds is 5. The molecule has 2 aromatic heterocycles. The fraction of sp³-hybridized carbons (Fsp3) is 0.350. The SMILES string of the molecule is CN(CCC(C)(C)O)C(N)=O.COc1ncc(-c2ccccc2)c2scnc12. The van der Waals surface area contributed by atoms with Gasteiger partial charge < -0.3 is 20.5 Å². The number of ether oxygens (including phenoxy) is 1. The first-order valence-corrected chi connectivity index (χ1v) is 9.65. The summed E-state index contributed by atoms with van der Waals surface area (Å²) < 4.78 is 6.32. The molecule has 0 radical (unpaired) electrons. The van der Waals surface area contributed by atoms with E-state index in [-0.39, 0.29) is 0 Å². The number of hydrogen-bond acceptors (Lipinski definition) is 6. The second kappa shape index (κ2) is 9.48. The summed E-state index contributed by atoms with van der Waals surface area (Å²) in [5.41, 5.74) is 9.14. The van der Waals surface area contributed by atoms with Crippen LogP contribution in [0.2, 0.25) is 0 Å². The third kappa shape index (κ3) is 5.90. The van der Waals surface area contributed by atoms with Crippen molar-refractivity contribution in [3.8, 4) is 17.0 Å². The highest BCUT2D eigenvalue weighted by Crippen LogP contribution is 2.34. The molecule has 0 aliphatic rings. The van der Waals surface area contributed by atoms with E-state index in [0.717, 1.165) is 21.3 Å². The van der Waals surface area contributed by atoms with Crippen molar-refractivity contribution < 1.29 is 14.6 Å². The maximum absolute atomic E-state index is 10.5. The molecular formula is C20H26N4O3S. The van der Waals surface area contributed by atoms with Gasteiger partial charge in [0.1, 0.15) is 5.52 Å². The Bertz CT molecular complexity index is 907. The zero-order chi connectivity index (χ0) is 20.7. The van der Waals surface area contributed by atoms with Crippen molar-refractivity contribution in [1.82, 2.24) is 14.9 Å². The number of hydrogen-bond donors (Lipinski definition) is 2. The summed E-state index contributed by atoms with van der Waals surface area (Å²) in [6, 6.07) is 9.73. The molecule has 0 aliphatic carbocycles. The van der Waals surface area contributed by atoms with Gasteiger partial charge in [0.05, 0.1) is 22.9 Å². The van der Waals surface area contributed by atoms with Crippen molar-refractivity contribution in [2.24, 2.45) is 5.73 Å². The molecule has 0 aliphatic heterocycles. The van der Waals surface area contributed by atoms with Crippen LogP contribution in [0.3, 0.4) is 0 Å². The lowest BCUT2D eigenvalue weighted by Crippen LogP contribution is -2.36. The molecule has 2 amide bonds. The first kappa shape index (κ1) is 21.6. The molecule has 8 heteroatoms. The number of carbonyl (C=O) groups is 1. The lowest BCUT2D eigenvalue weighted by atomic mass is 10.1. The molecule has 1 aromatic carbocycles. The van der Waals surface area contributed by atoms with Gasteiger partial charge in [0.25, 0.3) is 0 Å². The van der Waals surface area contributed by atoms with E-state index in [1.54, 1.807) is 39.3 Å². The Labute approximate surface area is 168 Å². The predicted molar refractivity (Wildman–Crippen MR) is 113 cm³/mol. The second-order valence-electron chi connectivity index (χ2n) is 6.90. The highest BCUT2D eigenvalue weighted by molar-refractivity contribution is 7.17. The largest absolute Gasteiger partial charge is 0.479 e. The van der Waals surface area contributed by atoms with Crippen LogP contribution >= 0.6 is 11.3 Å². The van der Waals surface area contributed by atoms with Crippen molar-refractivity contribution in [2.45, 2.75) is 25.9 Å². The van der Waals surface area contributed by atoms with Crippen molar-refractivity contribution in [2.75, 3.05) is 20.7 Å². The molecule has 3 rings (SSSR count). The first-order chi connectivity index (χ1) is 13.2. The number of nitrogens with two attached hydrogens (primary N) is 1. The predicted octanol–water partition coefficient (Wildman–Crippen LogP) is 3.52. The van der Waals surface area contributed by atoms with Crippen LogP contribution in [-0.4, -0.2) is 52.3 Å². The van der Waals surface area contributed by atoms with Crippen LogP contribution in [0.4, 0.5) is 4.79 Å². The minimum atomic E-state index is -0.732. The Hall–Kier alpha value is -2.71. The van der Waals surface area contributed by atoms with Crippen molar-refractivity contribution in [3.63, 3.8) is 0 Å². The number of fused-ring (bicyclic) bond motifs is 1. The fourth-order valence-corrected chi connectivity index (χ4v) is 3.17. The number of methoxy groups -OCH3 is 1. The quantitative estimate of drug-likeness (QED) is 0.680. The zero-order valence-electron chi connectivity index (χ0n) is 16.5. The van der Waals surface area contributed by atoms with Crippen LogP contribution in [0.15, 0.2) is 42.0 Å². The van der Waals surface area contributed by atoms with Gasteiger partial charge in [-0.15, -0.1) is 11.3 Å². The van der Waals surface area contributed by atoms with Crippen molar-refractivity contribution in [3.05, 3.63) is 42.0 Å². The number of primary amides is 1. The van der Waals surface area contributed by atoms with Gasteiger partial charge in [0.15, 0.2) is 0 Å². The van der Waals surface area contributed by atoms with E-state index < -0.39 is 11.6 Å². The average molecular weight is 403 g/mol. The van der Waals surface area contributed by atoms with E-state index >= 15 is 0 Å². The number of pyridine rings is 1. The molecule has 0 fully saturated rings. The normalized spacial score (nSPS) is 10.9. The number of aromatic nitrogens is 2. The van der Waals surface area contributed by atoms with Gasteiger partial charge in [0, 0.05) is 25.4 Å². The van der Waals surface area contributed by atoms with E-state index in [1.165, 1.54) is 4.90 Å². The Balaban J connectivity index is 0.000000224. The maximum Gasteiger partial charge on any atom is 0.314 e. The summed E-state index contributed by atoms with van der Waals surface area (Å²) >= 11 is 1.61. The van der Waals surface area contributed by atoms with Crippen LogP contribution in [-0.2, 0) is 0 Å². The van der Waals surface area contributed by atoms with Gasteiger partial charge >= 0.3 is 6.03 Å². The van der Waals surface area contributed by atoms with Crippen molar-refractivity contribution >= 4 is 27.6 Å². The van der Waals surface area contributed by atoms with Gasteiger partial charge in [0.2, 0.25) is 5.88 Å². The molecule has 0 bridgehead atoms. The van der Waals surface area contributed by atoms with Crippen molar-refractivity contribution in [1.29, 1.82) is 0 Å². The summed E-state index contributed by atoms with van der Waals surface area (Å²) in [7, 11) is 3.22. The number of benzene rings is 1. The number of thiazole rings is 1. The minimum absolute atomic E-state index is 0.464. The van der Waals surface area contributed by atoms with Gasteiger partial charge in [-0.25, -0.2) is 14.8 Å². The van der Waals surface area contributed by atoms with Crippen LogP contribution in [0.25, 0.3) is 21.3 Å². The number of carbonyl (C=O) groups excluding carboxylic acids is 1. The monoisotopic (exact) mass is 402 g/mol. The minimum Gasteiger partial charge on any atom is -0.479 e. The van der Waals surface area contributed by atoms with Gasteiger partial charge in [-0.2, -0.15) is 0 Å². The standard InChI is InChI=1S/C13H10N2OS.C7H16N2O2/c1-16-13-11-12(17-8-15-11)10(7-14-13)9-5-3-2-4-6-9;1-7(2,11)4-5-9(3)6(8)10/h2-8H,1H3;11H,4-5H2,1-3H3,(H2,8,10). The molecule has 28 heavy (non-hydrogen) atoms. The first-order valence-electron chi connectivity index (χ1n) is 8.77. The average Bonchev–Trinajstić information content (AvgIpc) is 3.15. The fourth-order valence-electron chi connectivity index (χ4n) is 2.36. The molecule has 150 valence electrons. The smallest absolute Gasteiger partial charge is 0.314 e. The van der Waals surface area contributed by atoms with E-state index in [9.17, 15) is 9.90 Å². The second-order valence-corrected chi connectivity index (χ2v) is 7.75. The maximum atomic E-state index is 10.5. The van der Waals surface area contributed by atoms with Crippen LogP contribution in [0.1, 0.15) is 20.3 Å². The molecule has 0 saturated carbocycles. The van der Waals surface area contributed by atoms with Gasteiger partial charge in [-0.05, 0) is 25.8 Å². The van der Waals surface area contributed by atoms with Crippen LogP contribution in [0.5, 0.6) is 5.88 Å². The molecule has 7 nitrogen and oxygen atoms in total. The molecule has 3 N–H and O–H groups in total. The number of amides is 2. The molecule has 0 spiro atoms. The topological polar surface area (TPSA) is 102 Å². The lowest BCUT2D eigenvalue weighted by molar-refractivity contribution is 0.0642. The third-order valence-corrected chi connectivity index (χ3v) is 4.90. The molecule has 2 heterocycles. The van der Waals surface area contributed by atoms with E-state index in [4.69, 9.17) is 10.5 Å². The highest BCUT2D eigenvalue weighted by atomic mass is 32.1. The highest BCUT2D eigenvalue weighted by Gasteiger charge is 2.14. The Morgan fingerprint density at radius 2 is 1.96 bits per heavy atom. The lowest BCUT2D eigenvalue weighted by Gasteiger charge is -2.21. The zero-order valence-corrected chi connectivity index (χ0v) is 17.4. The van der Waals surface area contributed by atoms with Gasteiger partial charge in [-0.1, -0.05) is 30.3 Å². The summed E-state index contributed by atoms with van der Waals surface area (Å²) in [6.45, 7) is 3.88. The summed E-state index contributed by atoms with van der Waals surface area (Å²) in [4.78, 5) is 20.5. The Kier molecular flexibility index (Phi) is 7.31. The van der Waals surface area contributed by atoms with E-state index in [2.05, 4.69) is 22.1 Å². The number of nitrogens with zero attached hydrogens (tertiary/aromatic N) is 3. The third-order valence-electron chi connectivity index (χ3n) is 4.04. The molecular weight excluding hydrogens is 376 g/mol. The molecule has 0 unspecified atom stereocenters. The van der Waals surface area contributed by atoms with E-state index in [1.807, 2.05) is 29.9 Å². The molecule has 3 aromatic rings. The van der Waals surface area contributed by atoms with Crippen LogP contribution in [0, 0.1) is 0 Å². The van der Waals surface area contributed by atoms with Gasteiger partial charge in [-0.3, -0.25) is 0 Å². The molecule has 0 atom stereocenters. The Morgan fingerprint density at radius 3 is 2.54 bits per heavy atom. The number of urea groups is 1. The Morgan fingerprint density at radius 1 is 1.29 bits per heavy atom. The molecule has 0 saturated heterocycles. The summed E-state index contributed by atoms with van der Waals surface area (Å²) in [5.74, 6) is 0.584. The summed E-state index contributed by atoms with van der Waals surface area (Å²) in [6.07, 6.45) is 2.38.